The molecule has 0 saturated heterocycles. The van der Waals surface area contributed by atoms with Gasteiger partial charge in [-0.1, -0.05) is 0 Å². The maximum absolute atomic E-state index is 8.24. The Labute approximate surface area is 89.9 Å². The number of hydrogen-bond acceptors (Lipinski definition) is 3. The Morgan fingerprint density at radius 3 is 0.700 bits per heavy atom. The first-order valence-electron chi connectivity index (χ1n) is 1.28. The van der Waals surface area contributed by atoms with Gasteiger partial charge in [0.1, 0.15) is 0 Å². The van der Waals surface area contributed by atoms with E-state index in [1.807, 2.05) is 0 Å². The third-order valence-electron chi connectivity index (χ3n) is 0. The van der Waals surface area contributed by atoms with Gasteiger partial charge in [-0.15, -0.1) is 0 Å². The maximum atomic E-state index is 8.24. The predicted molar refractivity (Wildman–Crippen MR) is 27.2 cm³/mol. The number of hydrogen-bond donors (Lipinski definition) is 0. The van der Waals surface area contributed by atoms with Gasteiger partial charge in [0.25, 0.3) is 0 Å². The summed E-state index contributed by atoms with van der Waals surface area (Å²) in [5.74, 6) is 0. The zero-order valence-electron chi connectivity index (χ0n) is 4.57. The van der Waals surface area contributed by atoms with E-state index < -0.39 is 0 Å². The fraction of sp³-hybridized carbons (Fsp3) is 0. The molecular weight excluding hydrogens is 266 g/mol. The van der Waals surface area contributed by atoms with Gasteiger partial charge < -0.3 is 16.2 Å². The second-order valence-corrected chi connectivity index (χ2v) is 0.274. The molecule has 49 valence electrons. The molecule has 0 heterocycles. The van der Waals surface area contributed by atoms with Crippen molar-refractivity contribution in [2.24, 2.45) is 0 Å². The molecule has 0 aliphatic rings. The molecule has 7 heteroatoms. The second kappa shape index (κ2) is 76.0. The van der Waals surface area contributed by atoms with E-state index >= 15 is 0 Å². The number of isocyanates is 3. The van der Waals surface area contributed by atoms with E-state index in [1.54, 1.807) is 0 Å². The van der Waals surface area contributed by atoms with Crippen molar-refractivity contribution < 1.29 is 56.1 Å². The molecule has 0 amide bonds. The molecule has 0 aliphatic carbocycles. The van der Waals surface area contributed by atoms with Crippen molar-refractivity contribution >= 4 is 18.2 Å². The minimum atomic E-state index is 0. The largest absolute Gasteiger partial charge is 3.00 e. The van der Waals surface area contributed by atoms with Crippen LogP contribution in [0.2, 0.25) is 0 Å². The fourth-order valence-electron chi connectivity index (χ4n) is 0. The van der Waals surface area contributed by atoms with Gasteiger partial charge in [-0.25, -0.2) is 0 Å². The first-order valence-corrected chi connectivity index (χ1v) is 1.28. The predicted octanol–water partition coefficient (Wildman–Crippen LogP) is -0.325. The average molecular weight is 266 g/mol. The van der Waals surface area contributed by atoms with Crippen LogP contribution in [0, 0.1) is 41.7 Å². The van der Waals surface area contributed by atoms with Crippen molar-refractivity contribution in [3.63, 3.8) is 0 Å². The van der Waals surface area contributed by atoms with Crippen LogP contribution in [0.5, 0.6) is 0 Å². The van der Waals surface area contributed by atoms with E-state index in [9.17, 15) is 0 Å². The minimum Gasteiger partial charge on any atom is -0.724 e. The Morgan fingerprint density at radius 2 is 0.700 bits per heavy atom. The normalized spacial score (nSPS) is 2.40. The summed E-state index contributed by atoms with van der Waals surface area (Å²) in [4.78, 5) is 24.7. The van der Waals surface area contributed by atoms with Gasteiger partial charge in [-0.2, -0.15) is 0 Å². The van der Waals surface area contributed by atoms with Crippen molar-refractivity contribution in [3.05, 3.63) is 16.2 Å². The van der Waals surface area contributed by atoms with Crippen LogP contribution >= 0.6 is 0 Å². The van der Waals surface area contributed by atoms with Crippen molar-refractivity contribution in [1.29, 1.82) is 0 Å². The summed E-state index contributed by atoms with van der Waals surface area (Å²) in [7, 11) is 0. The summed E-state index contributed by atoms with van der Waals surface area (Å²) in [6.07, 6.45) is 1.50. The van der Waals surface area contributed by atoms with Crippen LogP contribution < -0.4 is 0 Å². The third kappa shape index (κ3) is 1370. The van der Waals surface area contributed by atoms with Crippen LogP contribution in [0.4, 0.5) is 0 Å². The molecule has 0 aromatic carbocycles. The van der Waals surface area contributed by atoms with Crippen LogP contribution in [-0.2, 0) is 14.4 Å². The number of rotatable bonds is 0. The quantitative estimate of drug-likeness (QED) is 0.441. The molecule has 0 atom stereocenters. The molecule has 1 radical (unpaired) electrons. The molecule has 0 fully saturated rings. The smallest absolute Gasteiger partial charge is 0.724 e. The molecule has 0 N–H and O–H groups in total. The summed E-state index contributed by atoms with van der Waals surface area (Å²) in [5, 5.41) is 20.3. The Morgan fingerprint density at radius 1 is 0.700 bits per heavy atom. The van der Waals surface area contributed by atoms with Crippen LogP contribution in [0.1, 0.15) is 0 Å². The Hall–Kier alpha value is -0.483. The van der Waals surface area contributed by atoms with Gasteiger partial charge in [-0.3, -0.25) is 14.4 Å². The topological polar surface area (TPSA) is 118 Å². The van der Waals surface area contributed by atoms with Gasteiger partial charge in [0, 0.05) is 0 Å². The van der Waals surface area contributed by atoms with Gasteiger partial charge in [-0.05, 0) is 18.2 Å². The van der Waals surface area contributed by atoms with Gasteiger partial charge >= 0.3 is 41.7 Å². The molecule has 0 aromatic rings. The summed E-state index contributed by atoms with van der Waals surface area (Å²) in [5.41, 5.74) is 0. The molecule has 0 bridgehead atoms. The van der Waals surface area contributed by atoms with E-state index in [1.165, 1.54) is 0 Å². The minimum absolute atomic E-state index is 0. The molecule has 0 saturated carbocycles. The standard InChI is InChI=1S/3CNO.Ce/c3*2-1-3;/q3*-1;+3. The zero-order chi connectivity index (χ0) is 8.12. The molecule has 0 rings (SSSR count). The first kappa shape index (κ1) is 22.7. The van der Waals surface area contributed by atoms with Crippen molar-refractivity contribution in [3.8, 4) is 0 Å². The first-order chi connectivity index (χ1) is 4.24. The molecular formula is C3CeN3O3. The molecule has 0 aliphatic heterocycles. The third-order valence-corrected chi connectivity index (χ3v) is 0. The van der Waals surface area contributed by atoms with Crippen molar-refractivity contribution in [2.45, 2.75) is 0 Å². The summed E-state index contributed by atoms with van der Waals surface area (Å²) in [6.45, 7) is 0. The summed E-state index contributed by atoms with van der Waals surface area (Å²) >= 11 is 0. The summed E-state index contributed by atoms with van der Waals surface area (Å²) in [6, 6.07) is 0. The number of nitrogens with zero attached hydrogens (tertiary/aromatic N) is 3. The molecule has 10 heavy (non-hydrogen) atoms. The van der Waals surface area contributed by atoms with Crippen LogP contribution in [0.25, 0.3) is 16.2 Å². The second-order valence-electron chi connectivity index (χ2n) is 0.274. The van der Waals surface area contributed by atoms with E-state index in [-0.39, 0.29) is 41.7 Å². The fourth-order valence-corrected chi connectivity index (χ4v) is 0. The van der Waals surface area contributed by atoms with Crippen molar-refractivity contribution in [1.82, 2.24) is 0 Å². The SMILES string of the molecule is [Ce+3].[N-]=C=O.[N-]=C=O.[N-]=C=O. The van der Waals surface area contributed by atoms with Crippen LogP contribution in [-0.4, -0.2) is 18.2 Å². The van der Waals surface area contributed by atoms with Gasteiger partial charge in [0.2, 0.25) is 0 Å². The summed E-state index contributed by atoms with van der Waals surface area (Å²) < 4.78 is 0. The van der Waals surface area contributed by atoms with E-state index in [0.717, 1.165) is 0 Å². The number of carbonyl (C=O) groups excluding carboxylic acids is 3. The molecule has 6 nitrogen and oxygen atoms in total. The van der Waals surface area contributed by atoms with Crippen molar-refractivity contribution in [2.75, 3.05) is 0 Å². The average Bonchev–Trinajstić information content (AvgIpc) is 1.70. The van der Waals surface area contributed by atoms with Gasteiger partial charge in [0.15, 0.2) is 0 Å². The molecule has 0 spiro atoms. The van der Waals surface area contributed by atoms with E-state index in [4.69, 9.17) is 30.6 Å². The van der Waals surface area contributed by atoms with E-state index in [2.05, 4.69) is 0 Å². The monoisotopic (exact) mass is 266 g/mol. The van der Waals surface area contributed by atoms with Crippen LogP contribution in [0.3, 0.4) is 0 Å². The molecule has 0 unspecified atom stereocenters. The van der Waals surface area contributed by atoms with Gasteiger partial charge in [0.05, 0.1) is 0 Å². The zero-order valence-corrected chi connectivity index (χ0v) is 7.71. The maximum Gasteiger partial charge on any atom is 3.00 e. The van der Waals surface area contributed by atoms with E-state index in [0.29, 0.717) is 18.2 Å². The molecule has 0 aromatic heterocycles. The Kier molecular flexibility index (Phi) is 172. The Bertz CT molecular complexity index is 111. The van der Waals surface area contributed by atoms with Crippen LogP contribution in [0.15, 0.2) is 0 Å². The Balaban J connectivity index is -0.0000000257.